The zero-order chi connectivity index (χ0) is 21.4. The van der Waals surface area contributed by atoms with E-state index in [1.165, 1.54) is 11.9 Å². The fourth-order valence-electron chi connectivity index (χ4n) is 5.13. The third kappa shape index (κ3) is 3.87. The van der Waals surface area contributed by atoms with Crippen LogP contribution in [0.15, 0.2) is 41.7 Å². The van der Waals surface area contributed by atoms with Gasteiger partial charge in [0.2, 0.25) is 0 Å². The minimum absolute atomic E-state index is 0.00392. The van der Waals surface area contributed by atoms with Crippen LogP contribution in [0.2, 0.25) is 0 Å². The fraction of sp³-hybridized carbons (Fsp3) is 0.478. The van der Waals surface area contributed by atoms with Gasteiger partial charge in [0.05, 0.1) is 16.6 Å². The van der Waals surface area contributed by atoms with Crippen molar-refractivity contribution in [3.8, 4) is 0 Å². The molecule has 0 atom stereocenters. The number of nitrogens with zero attached hydrogens (tertiary/aromatic N) is 5. The largest absolute Gasteiger partial charge is 0.338 e. The molecule has 2 aromatic heterocycles. The van der Waals surface area contributed by atoms with Gasteiger partial charge in [-0.25, -0.2) is 14.8 Å². The molecule has 0 radical (unpaired) electrons. The number of nitrogens with one attached hydrogen (secondary N) is 1. The standard InChI is InChI=1S/C23H28N6O2/c1-16-2-3-20-21(12-16)29(23(31)26-20)19-6-8-27(9-7-19)18-4-10-28(11-5-18)22(30)17-13-24-15-25-14-17/h2-3,12-15,18-19H,4-11H2,1H3,(H,26,31). The minimum Gasteiger partial charge on any atom is -0.338 e. The first-order valence-corrected chi connectivity index (χ1v) is 11.1. The molecule has 0 saturated carbocycles. The van der Waals surface area contributed by atoms with E-state index in [2.05, 4.69) is 32.8 Å². The third-order valence-electron chi connectivity index (χ3n) is 6.81. The van der Waals surface area contributed by atoms with Crippen LogP contribution in [0.5, 0.6) is 0 Å². The first kappa shape index (κ1) is 19.9. The van der Waals surface area contributed by atoms with Crippen LogP contribution >= 0.6 is 0 Å². The average molecular weight is 421 g/mol. The molecule has 0 spiro atoms. The zero-order valence-corrected chi connectivity index (χ0v) is 17.8. The number of aromatic nitrogens is 4. The summed E-state index contributed by atoms with van der Waals surface area (Å²) >= 11 is 0. The Morgan fingerprint density at radius 3 is 2.39 bits per heavy atom. The van der Waals surface area contributed by atoms with Gasteiger partial charge in [0.1, 0.15) is 6.33 Å². The summed E-state index contributed by atoms with van der Waals surface area (Å²) in [5, 5.41) is 0. The summed E-state index contributed by atoms with van der Waals surface area (Å²) in [6.45, 7) is 5.56. The lowest BCUT2D eigenvalue weighted by Crippen LogP contribution is -2.49. The first-order chi connectivity index (χ1) is 15.1. The monoisotopic (exact) mass is 420 g/mol. The van der Waals surface area contributed by atoms with Crippen LogP contribution in [-0.2, 0) is 0 Å². The number of aryl methyl sites for hydroxylation is 1. The highest BCUT2D eigenvalue weighted by Gasteiger charge is 2.31. The molecule has 2 aliphatic heterocycles. The van der Waals surface area contributed by atoms with Gasteiger partial charge in [-0.15, -0.1) is 0 Å². The summed E-state index contributed by atoms with van der Waals surface area (Å²) in [6.07, 6.45) is 8.52. The van der Waals surface area contributed by atoms with E-state index in [4.69, 9.17) is 0 Å². The van der Waals surface area contributed by atoms with Crippen molar-refractivity contribution in [2.24, 2.45) is 0 Å². The Balaban J connectivity index is 1.20. The Labute approximate surface area is 180 Å². The maximum atomic E-state index is 12.6. The number of likely N-dealkylation sites (tertiary alicyclic amines) is 2. The maximum absolute atomic E-state index is 12.6. The van der Waals surface area contributed by atoms with E-state index in [1.807, 2.05) is 21.6 Å². The lowest BCUT2D eigenvalue weighted by atomic mass is 9.97. The van der Waals surface area contributed by atoms with Crippen molar-refractivity contribution in [3.05, 3.63) is 58.5 Å². The van der Waals surface area contributed by atoms with E-state index >= 15 is 0 Å². The highest BCUT2D eigenvalue weighted by Crippen LogP contribution is 2.28. The van der Waals surface area contributed by atoms with Gasteiger partial charge in [-0.1, -0.05) is 6.07 Å². The number of aromatic amines is 1. The Morgan fingerprint density at radius 1 is 1.00 bits per heavy atom. The Morgan fingerprint density at radius 2 is 1.68 bits per heavy atom. The molecule has 0 bridgehead atoms. The van der Waals surface area contributed by atoms with Gasteiger partial charge in [0.15, 0.2) is 0 Å². The molecule has 3 aromatic rings. The van der Waals surface area contributed by atoms with Gasteiger partial charge in [-0.05, 0) is 50.3 Å². The molecule has 2 saturated heterocycles. The molecule has 2 fully saturated rings. The maximum Gasteiger partial charge on any atom is 0.326 e. The summed E-state index contributed by atoms with van der Waals surface area (Å²) in [7, 11) is 0. The van der Waals surface area contributed by atoms with E-state index < -0.39 is 0 Å². The van der Waals surface area contributed by atoms with Crippen LogP contribution in [0.4, 0.5) is 0 Å². The fourth-order valence-corrected chi connectivity index (χ4v) is 5.13. The predicted octanol–water partition coefficient (Wildman–Crippen LogP) is 2.37. The SMILES string of the molecule is Cc1ccc2[nH]c(=O)n(C3CCN(C4CCN(C(=O)c5cncnc5)CC4)CC3)c2c1. The van der Waals surface area contributed by atoms with Gasteiger partial charge < -0.3 is 14.8 Å². The number of imidazole rings is 1. The van der Waals surface area contributed by atoms with E-state index in [-0.39, 0.29) is 17.6 Å². The zero-order valence-electron chi connectivity index (χ0n) is 17.8. The second-order valence-corrected chi connectivity index (χ2v) is 8.74. The van der Waals surface area contributed by atoms with E-state index in [1.54, 1.807) is 12.4 Å². The molecule has 5 rings (SSSR count). The molecule has 2 aliphatic rings. The number of H-pyrrole nitrogens is 1. The molecule has 31 heavy (non-hydrogen) atoms. The van der Waals surface area contributed by atoms with Crippen LogP contribution < -0.4 is 5.69 Å². The molecule has 1 amide bonds. The van der Waals surface area contributed by atoms with Crippen LogP contribution in [0.25, 0.3) is 11.0 Å². The Kier molecular flexibility index (Phi) is 5.31. The van der Waals surface area contributed by atoms with Crippen molar-refractivity contribution in [2.75, 3.05) is 26.2 Å². The minimum atomic E-state index is -0.00392. The van der Waals surface area contributed by atoms with Crippen molar-refractivity contribution in [1.29, 1.82) is 0 Å². The van der Waals surface area contributed by atoms with Crippen molar-refractivity contribution < 1.29 is 4.79 Å². The van der Waals surface area contributed by atoms with Gasteiger partial charge in [0.25, 0.3) is 5.91 Å². The van der Waals surface area contributed by atoms with E-state index in [9.17, 15) is 9.59 Å². The van der Waals surface area contributed by atoms with Crippen molar-refractivity contribution in [3.63, 3.8) is 0 Å². The summed E-state index contributed by atoms with van der Waals surface area (Å²) in [6, 6.07) is 6.86. The molecule has 0 aliphatic carbocycles. The van der Waals surface area contributed by atoms with E-state index in [0.29, 0.717) is 11.6 Å². The quantitative estimate of drug-likeness (QED) is 0.703. The molecular formula is C23H28N6O2. The number of carbonyl (C=O) groups is 1. The normalized spacial score (nSPS) is 19.2. The van der Waals surface area contributed by atoms with Crippen molar-refractivity contribution >= 4 is 16.9 Å². The summed E-state index contributed by atoms with van der Waals surface area (Å²) in [5.74, 6) is 0.0202. The number of hydrogen-bond acceptors (Lipinski definition) is 5. The Hall–Kier alpha value is -3.00. The molecule has 1 aromatic carbocycles. The molecule has 1 N–H and O–H groups in total. The number of piperidine rings is 2. The van der Waals surface area contributed by atoms with Gasteiger partial charge >= 0.3 is 5.69 Å². The second kappa shape index (κ2) is 8.26. The van der Waals surface area contributed by atoms with Crippen LogP contribution in [0.1, 0.15) is 47.6 Å². The van der Waals surface area contributed by atoms with Crippen molar-refractivity contribution in [1.82, 2.24) is 29.3 Å². The molecule has 162 valence electrons. The van der Waals surface area contributed by atoms with E-state index in [0.717, 1.165) is 62.9 Å². The van der Waals surface area contributed by atoms with Crippen LogP contribution in [-0.4, -0.2) is 67.4 Å². The first-order valence-electron chi connectivity index (χ1n) is 11.1. The number of benzene rings is 1. The van der Waals surface area contributed by atoms with Gasteiger partial charge in [-0.3, -0.25) is 9.36 Å². The predicted molar refractivity (Wildman–Crippen MR) is 118 cm³/mol. The summed E-state index contributed by atoms with van der Waals surface area (Å²) < 4.78 is 1.96. The molecule has 8 heteroatoms. The smallest absolute Gasteiger partial charge is 0.326 e. The van der Waals surface area contributed by atoms with Gasteiger partial charge in [-0.2, -0.15) is 0 Å². The molecular weight excluding hydrogens is 392 g/mol. The third-order valence-corrected chi connectivity index (χ3v) is 6.81. The average Bonchev–Trinajstić information content (AvgIpc) is 3.14. The number of carbonyl (C=O) groups excluding carboxylic acids is 1. The molecule has 8 nitrogen and oxygen atoms in total. The van der Waals surface area contributed by atoms with Crippen LogP contribution in [0.3, 0.4) is 0 Å². The molecule has 4 heterocycles. The van der Waals surface area contributed by atoms with Gasteiger partial charge in [0, 0.05) is 50.7 Å². The molecule has 0 unspecified atom stereocenters. The topological polar surface area (TPSA) is 87.1 Å². The number of rotatable bonds is 3. The second-order valence-electron chi connectivity index (χ2n) is 8.74. The lowest BCUT2D eigenvalue weighted by molar-refractivity contribution is 0.0557. The number of fused-ring (bicyclic) bond motifs is 1. The number of hydrogen-bond donors (Lipinski definition) is 1. The van der Waals surface area contributed by atoms with Crippen molar-refractivity contribution in [2.45, 2.75) is 44.7 Å². The lowest BCUT2D eigenvalue weighted by Gasteiger charge is -2.42. The highest BCUT2D eigenvalue weighted by molar-refractivity contribution is 5.93. The Bertz CT molecular complexity index is 1120. The summed E-state index contributed by atoms with van der Waals surface area (Å²) in [4.78, 5) is 40.6. The van der Waals surface area contributed by atoms with Crippen LogP contribution in [0, 0.1) is 6.92 Å². The summed E-state index contributed by atoms with van der Waals surface area (Å²) in [5.41, 5.74) is 3.65. The number of amides is 1. The highest BCUT2D eigenvalue weighted by atomic mass is 16.2.